The first-order chi connectivity index (χ1) is 57.3. The van der Waals surface area contributed by atoms with E-state index in [-0.39, 0.29) is 0 Å². The van der Waals surface area contributed by atoms with E-state index in [1.54, 1.807) is 6.07 Å². The molecule has 0 aliphatic carbocycles. The van der Waals surface area contributed by atoms with Gasteiger partial charge >= 0.3 is 7.12 Å². The Balaban J connectivity index is 0.000000125. The van der Waals surface area contributed by atoms with E-state index in [1.165, 1.54) is 21.7 Å². The first-order valence-corrected chi connectivity index (χ1v) is 39.0. The van der Waals surface area contributed by atoms with Crippen molar-refractivity contribution in [2.24, 2.45) is 0 Å². The van der Waals surface area contributed by atoms with Crippen molar-refractivity contribution in [3.8, 4) is 102 Å². The molecule has 0 aliphatic heterocycles. The Morgan fingerprint density at radius 1 is 0.216 bits per heavy atom. The van der Waals surface area contributed by atoms with Gasteiger partial charge in [0.05, 0.1) is 55.2 Å². The molecule has 0 bridgehead atoms. The summed E-state index contributed by atoms with van der Waals surface area (Å²) in [6.07, 6.45) is 3.72. The van der Waals surface area contributed by atoms with E-state index in [0.29, 0.717) is 40.4 Å². The monoisotopic (exact) mass is 1560 g/mol. The maximum atomic E-state index is 9.88. The van der Waals surface area contributed by atoms with Gasteiger partial charge in [0.25, 0.3) is 0 Å². The van der Waals surface area contributed by atoms with Gasteiger partial charge in [-0.15, -0.1) is 0 Å². The summed E-state index contributed by atoms with van der Waals surface area (Å²) in [6.45, 7) is 0. The normalized spacial score (nSPS) is 11.4. The molecule has 0 radical (unpaired) electrons. The van der Waals surface area contributed by atoms with Crippen molar-refractivity contribution in [3.05, 3.63) is 393 Å². The molecule has 22 rings (SSSR count). The molecule has 0 spiro atoms. The van der Waals surface area contributed by atoms with Gasteiger partial charge in [-0.1, -0.05) is 265 Å². The van der Waals surface area contributed by atoms with E-state index in [0.717, 1.165) is 138 Å². The van der Waals surface area contributed by atoms with Crippen LogP contribution in [0.25, 0.3) is 190 Å². The molecule has 14 aromatic carbocycles. The molecule has 0 aliphatic rings. The third-order valence-electron chi connectivity index (χ3n) is 21.2. The van der Waals surface area contributed by atoms with Crippen LogP contribution in [0.1, 0.15) is 0 Å². The first kappa shape index (κ1) is 70.2. The molecular weight excluding hydrogens is 1490 g/mol. The molecule has 0 saturated heterocycles. The van der Waals surface area contributed by atoms with Gasteiger partial charge in [0.2, 0.25) is 0 Å². The molecule has 0 atom stereocenters. The number of rotatable bonds is 12. The first-order valence-electron chi connectivity index (χ1n) is 38.2. The molecule has 0 fully saturated rings. The molecule has 16 heteroatoms. The second-order valence-electron chi connectivity index (χ2n) is 28.2. The second kappa shape index (κ2) is 30.3. The molecule has 0 amide bonds. The van der Waals surface area contributed by atoms with Gasteiger partial charge in [0.15, 0.2) is 34.9 Å². The number of pyridine rings is 2. The van der Waals surface area contributed by atoms with Crippen molar-refractivity contribution in [1.29, 1.82) is 0 Å². The Hall–Kier alpha value is -14.9. The van der Waals surface area contributed by atoms with Gasteiger partial charge in [0, 0.05) is 105 Å². The topological polar surface area (TPSA) is 163 Å². The summed E-state index contributed by atoms with van der Waals surface area (Å²) in [5.74, 6) is 3.68. The van der Waals surface area contributed by atoms with Gasteiger partial charge < -0.3 is 28.3 Å². The van der Waals surface area contributed by atoms with Crippen molar-refractivity contribution < 1.29 is 10.0 Å². The van der Waals surface area contributed by atoms with E-state index >= 15 is 0 Å². The molecule has 8 heterocycles. The van der Waals surface area contributed by atoms with E-state index in [4.69, 9.17) is 34.9 Å². The summed E-state index contributed by atoms with van der Waals surface area (Å²) in [6, 6.07) is 128. The zero-order chi connectivity index (χ0) is 77.6. The van der Waals surface area contributed by atoms with Crippen LogP contribution in [0.5, 0.6) is 0 Å². The Bertz CT molecular complexity index is 7340. The number of para-hydroxylation sites is 4. The predicted octanol–water partition coefficient (Wildman–Crippen LogP) is 22.7. The van der Waals surface area contributed by atoms with Crippen molar-refractivity contribution >= 4 is 116 Å². The highest BCUT2D eigenvalue weighted by atomic mass is 79.9. The molecule has 0 saturated carbocycles. The molecular formula is C100H66BBrN12O2. The quantitative estimate of drug-likeness (QED) is 0.113. The van der Waals surface area contributed by atoms with Crippen LogP contribution in [-0.4, -0.2) is 75.3 Å². The van der Waals surface area contributed by atoms with Crippen molar-refractivity contribution in [3.63, 3.8) is 0 Å². The summed E-state index contributed by atoms with van der Waals surface area (Å²) < 4.78 is 10.1. The minimum atomic E-state index is -1.56. The van der Waals surface area contributed by atoms with E-state index in [1.807, 2.05) is 194 Å². The van der Waals surface area contributed by atoms with Crippen LogP contribution >= 0.6 is 15.9 Å². The van der Waals surface area contributed by atoms with Gasteiger partial charge in [-0.3, -0.25) is 9.97 Å². The summed E-state index contributed by atoms with van der Waals surface area (Å²) in [5, 5.41) is 26.5. The molecule has 2 N–H and O–H groups in total. The van der Waals surface area contributed by atoms with Crippen molar-refractivity contribution in [2.75, 3.05) is 0 Å². The lowest BCUT2D eigenvalue weighted by atomic mass is 9.80. The highest BCUT2D eigenvalue weighted by Crippen LogP contribution is 2.41. The standard InChI is InChI=1S/C50H32N6.C33H23BN4O2.C17H11BrN2/c1-4-14-33(15-5-1)48-52-49(34-16-6-2-7-17-34)54-50(53-48)37-18-12-21-39(30-37)56-43-23-11-10-22-40(43)41-27-25-36(32-46(41)56)35-26-28-44-42(31-35)47-45(24-13-29-51-47)55(44)38-19-8-3-9-20-38;39-34(40)25-18-19-28-27-16-7-8-17-29(27)38(30(28)21-25)26-15-9-14-24(20-26)33-36-31(22-10-3-1-4-11-22)35-32(37-33)23-12-5-2-6-13-23;18-12-8-9-15-14(11-12)17-16(7-4-10-19-17)20(15)13-5-2-1-3-6-13/h1-32H;1-21,39-40H;1-11H. The van der Waals surface area contributed by atoms with Crippen molar-refractivity contribution in [1.82, 2.24) is 58.1 Å². The van der Waals surface area contributed by atoms with Crippen molar-refractivity contribution in [2.45, 2.75) is 0 Å². The summed E-state index contributed by atoms with van der Waals surface area (Å²) >= 11 is 3.55. The number of halogens is 1. The lowest BCUT2D eigenvalue weighted by Crippen LogP contribution is -2.29. The Kier molecular flexibility index (Phi) is 18.3. The summed E-state index contributed by atoms with van der Waals surface area (Å²) in [4.78, 5) is 39.0. The summed E-state index contributed by atoms with van der Waals surface area (Å²) in [5.41, 5.74) is 23.1. The average molecular weight is 1560 g/mol. The van der Waals surface area contributed by atoms with Crippen LogP contribution in [0.3, 0.4) is 0 Å². The van der Waals surface area contributed by atoms with E-state index < -0.39 is 7.12 Å². The fourth-order valence-corrected chi connectivity index (χ4v) is 16.2. The number of hydrogen-bond acceptors (Lipinski definition) is 10. The Morgan fingerprint density at radius 3 is 0.983 bits per heavy atom. The fourth-order valence-electron chi connectivity index (χ4n) is 15.8. The minimum Gasteiger partial charge on any atom is -0.423 e. The largest absolute Gasteiger partial charge is 0.488 e. The average Bonchev–Trinajstić information content (AvgIpc) is 1.59. The molecule has 0 unspecified atom stereocenters. The van der Waals surface area contributed by atoms with E-state index in [2.05, 4.69) is 227 Å². The molecule has 8 aromatic heterocycles. The van der Waals surface area contributed by atoms with Crippen LogP contribution in [0.4, 0.5) is 0 Å². The Morgan fingerprint density at radius 2 is 0.534 bits per heavy atom. The van der Waals surface area contributed by atoms with Gasteiger partial charge in [-0.2, -0.15) is 0 Å². The molecule has 116 heavy (non-hydrogen) atoms. The lowest BCUT2D eigenvalue weighted by Gasteiger charge is -2.12. The molecule has 22 aromatic rings. The van der Waals surface area contributed by atoms with Crippen LogP contribution in [0.15, 0.2) is 393 Å². The second-order valence-corrected chi connectivity index (χ2v) is 29.2. The fraction of sp³-hybridized carbons (Fsp3) is 0. The highest BCUT2D eigenvalue weighted by Gasteiger charge is 2.23. The predicted molar refractivity (Wildman–Crippen MR) is 475 cm³/mol. The van der Waals surface area contributed by atoms with Crippen LogP contribution < -0.4 is 5.46 Å². The molecule has 14 nitrogen and oxygen atoms in total. The SMILES string of the molecule is Brc1ccc2c(c1)c1ncccc1n2-c1ccccc1.OB(O)c1ccc2c3ccccc3n(-c3cccc(-c4nc(-c5ccccc5)nc(-c5ccccc5)n4)c3)c2c1.c1ccc(-c2nc(-c3ccccc3)nc(-c3cccc(-n4c5ccccc5c5ccc(-c6ccc7c(c6)c6ncccc6n7-c6ccccc6)cc54)c3)n2)cc1. The third kappa shape index (κ3) is 13.2. The third-order valence-corrected chi connectivity index (χ3v) is 21.7. The zero-order valence-corrected chi connectivity index (χ0v) is 63.8. The van der Waals surface area contributed by atoms with E-state index in [9.17, 15) is 10.0 Å². The van der Waals surface area contributed by atoms with Gasteiger partial charge in [-0.05, 0) is 144 Å². The smallest absolute Gasteiger partial charge is 0.423 e. The van der Waals surface area contributed by atoms with Crippen LogP contribution in [-0.2, 0) is 0 Å². The number of aromatic nitrogens is 12. The van der Waals surface area contributed by atoms with Crippen LogP contribution in [0, 0.1) is 0 Å². The number of benzene rings is 14. The van der Waals surface area contributed by atoms with Crippen LogP contribution in [0.2, 0.25) is 0 Å². The lowest BCUT2D eigenvalue weighted by molar-refractivity contribution is 0.426. The number of nitrogens with zero attached hydrogens (tertiary/aromatic N) is 12. The zero-order valence-electron chi connectivity index (χ0n) is 62.2. The van der Waals surface area contributed by atoms with Gasteiger partial charge in [0.1, 0.15) is 0 Å². The highest BCUT2D eigenvalue weighted by molar-refractivity contribution is 9.10. The maximum absolute atomic E-state index is 9.88. The number of fused-ring (bicyclic) bond motifs is 12. The van der Waals surface area contributed by atoms with Gasteiger partial charge in [-0.25, -0.2) is 29.9 Å². The minimum absolute atomic E-state index is 0.435. The Labute approximate surface area is 674 Å². The summed E-state index contributed by atoms with van der Waals surface area (Å²) in [7, 11) is -1.56. The maximum Gasteiger partial charge on any atom is 0.488 e. The molecule has 548 valence electrons. The number of hydrogen-bond donors (Lipinski definition) is 2.